The molecule has 186 valence electrons. The van der Waals surface area contributed by atoms with Crippen molar-refractivity contribution in [3.05, 3.63) is 93.5 Å². The maximum absolute atomic E-state index is 13.8. The Morgan fingerprint density at radius 2 is 1.84 bits per heavy atom. The fourth-order valence-corrected chi connectivity index (χ4v) is 4.80. The van der Waals surface area contributed by atoms with Crippen molar-refractivity contribution in [3.63, 3.8) is 0 Å². The van der Waals surface area contributed by atoms with Gasteiger partial charge in [-0.05, 0) is 72.3 Å². The van der Waals surface area contributed by atoms with Crippen molar-refractivity contribution < 1.29 is 27.9 Å². The van der Waals surface area contributed by atoms with Crippen LogP contribution in [0.1, 0.15) is 18.9 Å². The first-order valence-corrected chi connectivity index (χ1v) is 12.2. The first kappa shape index (κ1) is 24.5. The summed E-state index contributed by atoms with van der Waals surface area (Å²) < 4.78 is 31.2. The zero-order valence-corrected chi connectivity index (χ0v) is 20.5. The molecule has 9 heteroatoms. The lowest BCUT2D eigenvalue weighted by molar-refractivity contribution is -0.119. The van der Waals surface area contributed by atoms with Crippen LogP contribution < -0.4 is 14.9 Å². The number of benzene rings is 2. The third-order valence-electron chi connectivity index (χ3n) is 5.73. The largest absolute Gasteiger partial charge is 0.490 e. The standard InChI is InChI=1S/C28H20FNO6S/c1-16(28-22(31)14-24(32)37-28)17-4-7-20(8-5-17)34-11-12-35-27-25(33)21-13-19(29)6-9-23(21)36-26(27)18-3-2-10-30-15-18/h2-10,13,15H,11-12,14H2,1H3/b28-16-. The number of Topliss-reactive ketones (excluding diaryl/α,β-unsaturated/α-hetero) is 1. The molecule has 2 aromatic heterocycles. The van der Waals surface area contributed by atoms with Crippen molar-refractivity contribution in [2.24, 2.45) is 0 Å². The lowest BCUT2D eigenvalue weighted by Crippen LogP contribution is -2.15. The molecule has 7 nitrogen and oxygen atoms in total. The van der Waals surface area contributed by atoms with E-state index in [1.807, 2.05) is 19.1 Å². The van der Waals surface area contributed by atoms with Crippen molar-refractivity contribution in [1.82, 2.24) is 4.98 Å². The van der Waals surface area contributed by atoms with E-state index < -0.39 is 11.2 Å². The molecule has 1 aliphatic rings. The normalized spacial score (nSPS) is 14.8. The molecule has 0 spiro atoms. The van der Waals surface area contributed by atoms with Crippen LogP contribution in [-0.4, -0.2) is 29.1 Å². The second kappa shape index (κ2) is 10.4. The summed E-state index contributed by atoms with van der Waals surface area (Å²) in [6.07, 6.45) is 3.08. The number of rotatable bonds is 7. The van der Waals surface area contributed by atoms with Crippen LogP contribution in [0.5, 0.6) is 11.5 Å². The zero-order valence-electron chi connectivity index (χ0n) is 19.7. The molecule has 1 fully saturated rings. The summed E-state index contributed by atoms with van der Waals surface area (Å²) in [7, 11) is 0. The Labute approximate surface area is 214 Å². The van der Waals surface area contributed by atoms with Crippen LogP contribution in [0.25, 0.3) is 27.9 Å². The maximum atomic E-state index is 13.8. The topological polar surface area (TPSA) is 95.7 Å². The zero-order chi connectivity index (χ0) is 25.9. The van der Waals surface area contributed by atoms with Gasteiger partial charge in [-0.1, -0.05) is 12.1 Å². The minimum absolute atomic E-state index is 0.0247. The highest BCUT2D eigenvalue weighted by atomic mass is 32.2. The molecule has 0 aliphatic carbocycles. The van der Waals surface area contributed by atoms with Gasteiger partial charge in [0.15, 0.2) is 11.5 Å². The van der Waals surface area contributed by atoms with Crippen molar-refractivity contribution in [3.8, 4) is 22.8 Å². The molecule has 0 atom stereocenters. The van der Waals surface area contributed by atoms with Gasteiger partial charge in [0.1, 0.15) is 30.4 Å². The second-order valence-electron chi connectivity index (χ2n) is 8.22. The van der Waals surface area contributed by atoms with Crippen LogP contribution in [-0.2, 0) is 9.59 Å². The summed E-state index contributed by atoms with van der Waals surface area (Å²) in [6, 6.07) is 14.3. The minimum Gasteiger partial charge on any atom is -0.490 e. The van der Waals surface area contributed by atoms with E-state index in [-0.39, 0.29) is 53.0 Å². The summed E-state index contributed by atoms with van der Waals surface area (Å²) >= 11 is 0.983. The van der Waals surface area contributed by atoms with E-state index in [4.69, 9.17) is 13.9 Å². The van der Waals surface area contributed by atoms with Crippen LogP contribution in [0, 0.1) is 5.82 Å². The van der Waals surface area contributed by atoms with E-state index >= 15 is 0 Å². The Balaban J connectivity index is 1.31. The molecule has 0 amide bonds. The second-order valence-corrected chi connectivity index (χ2v) is 9.29. The number of carbonyl (C=O) groups is 2. The van der Waals surface area contributed by atoms with Gasteiger partial charge in [0, 0.05) is 18.0 Å². The maximum Gasteiger partial charge on any atom is 0.235 e. The molecule has 2 aromatic carbocycles. The molecule has 1 aliphatic heterocycles. The summed E-state index contributed by atoms with van der Waals surface area (Å²) in [5.41, 5.74) is 1.85. The molecular formula is C28H20FNO6S. The van der Waals surface area contributed by atoms with Gasteiger partial charge in [-0.3, -0.25) is 19.4 Å². The number of ether oxygens (including phenoxy) is 2. The number of carbonyl (C=O) groups excluding carboxylic acids is 2. The van der Waals surface area contributed by atoms with Crippen LogP contribution >= 0.6 is 11.8 Å². The number of allylic oxidation sites excluding steroid dienone is 2. The van der Waals surface area contributed by atoms with Crippen molar-refractivity contribution in [1.29, 1.82) is 0 Å². The van der Waals surface area contributed by atoms with E-state index in [1.54, 1.807) is 36.7 Å². The van der Waals surface area contributed by atoms with Crippen LogP contribution in [0.4, 0.5) is 4.39 Å². The molecule has 0 radical (unpaired) electrons. The molecule has 1 saturated heterocycles. The number of fused-ring (bicyclic) bond motifs is 1. The third kappa shape index (κ3) is 5.17. The number of nitrogens with zero attached hydrogens (tertiary/aromatic N) is 1. The van der Waals surface area contributed by atoms with Crippen molar-refractivity contribution in [2.75, 3.05) is 13.2 Å². The molecule has 3 heterocycles. The van der Waals surface area contributed by atoms with E-state index in [0.717, 1.165) is 29.0 Å². The summed E-state index contributed by atoms with van der Waals surface area (Å²) in [5, 5.41) is -0.0687. The predicted octanol–water partition coefficient (Wildman–Crippen LogP) is 5.42. The van der Waals surface area contributed by atoms with Crippen LogP contribution in [0.3, 0.4) is 0 Å². The monoisotopic (exact) mass is 517 g/mol. The fraction of sp³-hybridized carbons (Fsp3) is 0.143. The van der Waals surface area contributed by atoms with E-state index in [2.05, 4.69) is 4.98 Å². The molecule has 4 aromatic rings. The van der Waals surface area contributed by atoms with Gasteiger partial charge in [-0.2, -0.15) is 0 Å². The van der Waals surface area contributed by atoms with Crippen molar-refractivity contribution >= 4 is 39.2 Å². The summed E-state index contributed by atoms with van der Waals surface area (Å²) in [5.74, 6) is -0.00764. The van der Waals surface area contributed by atoms with Crippen LogP contribution in [0.15, 0.2) is 81.1 Å². The lowest BCUT2D eigenvalue weighted by atomic mass is 10.1. The Morgan fingerprint density at radius 1 is 1.05 bits per heavy atom. The molecular weight excluding hydrogens is 497 g/mol. The van der Waals surface area contributed by atoms with Gasteiger partial charge in [0.25, 0.3) is 0 Å². The molecule has 0 saturated carbocycles. The Bertz CT molecular complexity index is 1600. The number of pyridine rings is 1. The van der Waals surface area contributed by atoms with Crippen molar-refractivity contribution in [2.45, 2.75) is 13.3 Å². The van der Waals surface area contributed by atoms with Gasteiger partial charge in [-0.25, -0.2) is 4.39 Å². The van der Waals surface area contributed by atoms with Gasteiger partial charge in [0.2, 0.25) is 16.3 Å². The Hall–Kier alpha value is -4.24. The quantitative estimate of drug-likeness (QED) is 0.182. The van der Waals surface area contributed by atoms with Gasteiger partial charge >= 0.3 is 0 Å². The van der Waals surface area contributed by atoms with E-state index in [1.165, 1.54) is 12.1 Å². The predicted molar refractivity (Wildman–Crippen MR) is 138 cm³/mol. The average molecular weight is 518 g/mol. The molecule has 0 bridgehead atoms. The number of hydrogen-bond acceptors (Lipinski definition) is 8. The van der Waals surface area contributed by atoms with Gasteiger partial charge in [-0.15, -0.1) is 0 Å². The Morgan fingerprint density at radius 3 is 2.54 bits per heavy atom. The Kier molecular flexibility index (Phi) is 6.87. The number of hydrogen-bond donors (Lipinski definition) is 0. The van der Waals surface area contributed by atoms with E-state index in [0.29, 0.717) is 16.2 Å². The van der Waals surface area contributed by atoms with Gasteiger partial charge < -0.3 is 13.9 Å². The lowest BCUT2D eigenvalue weighted by Gasteiger charge is -2.12. The van der Waals surface area contributed by atoms with Gasteiger partial charge in [0.05, 0.1) is 16.7 Å². The number of ketones is 1. The number of aromatic nitrogens is 1. The highest BCUT2D eigenvalue weighted by Crippen LogP contribution is 2.35. The summed E-state index contributed by atoms with van der Waals surface area (Å²) in [6.45, 7) is 1.95. The molecule has 0 N–H and O–H groups in total. The third-order valence-corrected chi connectivity index (χ3v) is 6.84. The SMILES string of the molecule is C/C(=C1/SC(=O)CC1=O)c1ccc(OCCOc2c(-c3cccnc3)oc3ccc(F)cc3c2=O)cc1. The highest BCUT2D eigenvalue weighted by molar-refractivity contribution is 8.18. The summed E-state index contributed by atoms with van der Waals surface area (Å²) in [4.78, 5) is 41.2. The average Bonchev–Trinajstić information content (AvgIpc) is 3.25. The fourth-order valence-electron chi connectivity index (χ4n) is 3.91. The molecule has 37 heavy (non-hydrogen) atoms. The first-order chi connectivity index (χ1) is 17.9. The van der Waals surface area contributed by atoms with Crippen LogP contribution in [0.2, 0.25) is 0 Å². The molecule has 0 unspecified atom stereocenters. The smallest absolute Gasteiger partial charge is 0.235 e. The number of thioether (sulfide) groups is 1. The minimum atomic E-state index is -0.556. The van der Waals surface area contributed by atoms with E-state index in [9.17, 15) is 18.8 Å². The first-order valence-electron chi connectivity index (χ1n) is 11.4. The molecule has 5 rings (SSSR count). The number of halogens is 1. The highest BCUT2D eigenvalue weighted by Gasteiger charge is 2.28.